The summed E-state index contributed by atoms with van der Waals surface area (Å²) in [5, 5.41) is 8.65. The number of benzene rings is 1. The fourth-order valence-corrected chi connectivity index (χ4v) is 2.45. The van der Waals surface area contributed by atoms with E-state index in [0.717, 1.165) is 3.57 Å². The molecule has 0 bridgehead atoms. The number of rotatable bonds is 9. The average molecular weight is 400 g/mol. The topological polar surface area (TPSA) is 71.4 Å². The third-order valence-corrected chi connectivity index (χ3v) is 4.00. The molecule has 0 aromatic heterocycles. The van der Waals surface area contributed by atoms with E-state index < -0.39 is 17.5 Å². The zero-order chi connectivity index (χ0) is 15.8. The second kappa shape index (κ2) is 8.71. The second-order valence-electron chi connectivity index (χ2n) is 4.70. The summed E-state index contributed by atoms with van der Waals surface area (Å²) < 4.78 is 0.770. The van der Waals surface area contributed by atoms with E-state index in [1.165, 1.54) is 0 Å². The zero-order valence-electron chi connectivity index (χ0n) is 11.6. The molecule has 21 heavy (non-hydrogen) atoms. The van der Waals surface area contributed by atoms with Gasteiger partial charge in [-0.2, -0.15) is 0 Å². The van der Waals surface area contributed by atoms with Gasteiger partial charge in [-0.1, -0.05) is 25.1 Å². The number of carbonyl (C=O) groups is 3. The third kappa shape index (κ3) is 5.79. The molecule has 0 fully saturated rings. The van der Waals surface area contributed by atoms with Crippen molar-refractivity contribution < 1.29 is 19.5 Å². The molecule has 1 rings (SSSR count). The lowest BCUT2D eigenvalue weighted by molar-refractivity contribution is -0.132. The van der Waals surface area contributed by atoms with Gasteiger partial charge < -0.3 is 5.11 Å². The number of Topliss-reactive ketones (excluding diaryl/α,β-unsaturated/α-hetero) is 2. The summed E-state index contributed by atoms with van der Waals surface area (Å²) in [6.07, 6.45) is 2.56. The second-order valence-corrected chi connectivity index (χ2v) is 5.86. The smallest absolute Gasteiger partial charge is 0.330 e. The van der Waals surface area contributed by atoms with Crippen LogP contribution in [0.4, 0.5) is 0 Å². The molecule has 0 aliphatic carbocycles. The predicted octanol–water partition coefficient (Wildman–Crippen LogP) is 3.63. The highest BCUT2D eigenvalue weighted by Crippen LogP contribution is 2.15. The third-order valence-electron chi connectivity index (χ3n) is 3.06. The Morgan fingerprint density at radius 1 is 1.05 bits per heavy atom. The maximum atomic E-state index is 12.0. The van der Waals surface area contributed by atoms with Crippen LogP contribution < -0.4 is 0 Å². The minimum Gasteiger partial charge on any atom is -0.478 e. The summed E-state index contributed by atoms with van der Waals surface area (Å²) in [5.74, 6) is -1.83. The summed E-state index contributed by atoms with van der Waals surface area (Å²) in [7, 11) is 0. The normalized spacial score (nSPS) is 10.1. The molecule has 1 aromatic rings. The molecule has 0 saturated heterocycles. The molecule has 0 radical (unpaired) electrons. The minimum atomic E-state index is -0.986. The van der Waals surface area contributed by atoms with Crippen molar-refractivity contribution in [1.29, 1.82) is 0 Å². The van der Waals surface area contributed by atoms with Crippen LogP contribution in [-0.4, -0.2) is 22.6 Å². The first kappa shape index (κ1) is 17.6. The Balaban J connectivity index is 2.35. The van der Waals surface area contributed by atoms with E-state index in [-0.39, 0.29) is 12.0 Å². The van der Waals surface area contributed by atoms with Crippen LogP contribution in [0.2, 0.25) is 0 Å². The van der Waals surface area contributed by atoms with Gasteiger partial charge in [0, 0.05) is 21.1 Å². The first-order chi connectivity index (χ1) is 9.93. The van der Waals surface area contributed by atoms with E-state index in [0.29, 0.717) is 31.2 Å². The molecule has 4 nitrogen and oxygen atoms in total. The molecule has 1 aromatic carbocycles. The molecule has 1 N–H and O–H groups in total. The molecular formula is C16H17IO4. The van der Waals surface area contributed by atoms with E-state index in [9.17, 15) is 14.4 Å². The molecule has 0 unspecified atom stereocenters. The van der Waals surface area contributed by atoms with Crippen LogP contribution in [0.3, 0.4) is 0 Å². The molecule has 0 aliphatic rings. The molecule has 0 atom stereocenters. The van der Waals surface area contributed by atoms with Crippen molar-refractivity contribution in [2.75, 3.05) is 0 Å². The lowest BCUT2D eigenvalue weighted by atomic mass is 10.0. The van der Waals surface area contributed by atoms with Gasteiger partial charge in [-0.05, 0) is 54.0 Å². The molecular weight excluding hydrogens is 383 g/mol. The van der Waals surface area contributed by atoms with Crippen molar-refractivity contribution in [3.8, 4) is 0 Å². The first-order valence-electron chi connectivity index (χ1n) is 6.66. The first-order valence-corrected chi connectivity index (χ1v) is 7.74. The minimum absolute atomic E-state index is 0.177. The fourth-order valence-electron chi connectivity index (χ4n) is 1.82. The molecule has 0 heterocycles. The van der Waals surface area contributed by atoms with Crippen LogP contribution in [0.1, 0.15) is 42.5 Å². The zero-order valence-corrected chi connectivity index (χ0v) is 13.8. The average Bonchev–Trinajstić information content (AvgIpc) is 2.46. The van der Waals surface area contributed by atoms with Crippen molar-refractivity contribution in [3.63, 3.8) is 0 Å². The number of unbranched alkanes of at least 4 members (excludes halogenated alkanes) is 2. The van der Waals surface area contributed by atoms with Crippen molar-refractivity contribution in [1.82, 2.24) is 0 Å². The molecule has 112 valence electrons. The van der Waals surface area contributed by atoms with Crippen LogP contribution in [0.15, 0.2) is 36.4 Å². The van der Waals surface area contributed by atoms with Crippen LogP contribution in [0.25, 0.3) is 0 Å². The Bertz CT molecular complexity index is 563. The highest BCUT2D eigenvalue weighted by atomic mass is 127. The molecule has 0 saturated carbocycles. The molecule has 5 heteroatoms. The number of carboxylic acids is 1. The Morgan fingerprint density at radius 2 is 1.67 bits per heavy atom. The van der Waals surface area contributed by atoms with Gasteiger partial charge >= 0.3 is 5.97 Å². The van der Waals surface area contributed by atoms with Gasteiger partial charge in [-0.25, -0.2) is 4.79 Å². The number of hydrogen-bond donors (Lipinski definition) is 1. The van der Waals surface area contributed by atoms with E-state index in [4.69, 9.17) is 5.11 Å². The Labute approximate surface area is 137 Å². The quantitative estimate of drug-likeness (QED) is 0.226. The number of ketones is 2. The number of hydrogen-bond acceptors (Lipinski definition) is 3. The lowest BCUT2D eigenvalue weighted by Crippen LogP contribution is -2.15. The van der Waals surface area contributed by atoms with Gasteiger partial charge in [-0.3, -0.25) is 9.59 Å². The van der Waals surface area contributed by atoms with Crippen molar-refractivity contribution in [2.24, 2.45) is 0 Å². The number of carboxylic acid groups (broad SMARTS) is 1. The highest BCUT2D eigenvalue weighted by molar-refractivity contribution is 14.1. The van der Waals surface area contributed by atoms with Crippen LogP contribution >= 0.6 is 22.6 Å². The molecule has 0 amide bonds. The van der Waals surface area contributed by atoms with E-state index in [2.05, 4.69) is 6.58 Å². The van der Waals surface area contributed by atoms with Gasteiger partial charge in [0.15, 0.2) is 0 Å². The number of carbonyl (C=O) groups excluding carboxylic acids is 2. The lowest BCUT2D eigenvalue weighted by Gasteiger charge is -2.03. The van der Waals surface area contributed by atoms with Crippen LogP contribution in [-0.2, 0) is 9.59 Å². The molecule has 0 aliphatic heterocycles. The number of halogens is 1. The standard InChI is InChI=1S/C16H17IO4/c1-11(16(20)21)7-3-2-4-10-14(18)15(19)12-8-5-6-9-13(12)17/h5-6,8-9H,1-4,7,10H2,(H,20,21). The number of aliphatic carboxylic acids is 1. The van der Waals surface area contributed by atoms with Gasteiger partial charge in [-0.15, -0.1) is 0 Å². The summed E-state index contributed by atoms with van der Waals surface area (Å²) in [4.78, 5) is 34.4. The summed E-state index contributed by atoms with van der Waals surface area (Å²) in [6.45, 7) is 3.44. The van der Waals surface area contributed by atoms with Gasteiger partial charge in [0.1, 0.15) is 0 Å². The van der Waals surface area contributed by atoms with Gasteiger partial charge in [0.05, 0.1) is 0 Å². The largest absolute Gasteiger partial charge is 0.478 e. The van der Waals surface area contributed by atoms with Crippen molar-refractivity contribution >= 4 is 40.1 Å². The summed E-state index contributed by atoms with van der Waals surface area (Å²) >= 11 is 2.03. The van der Waals surface area contributed by atoms with Crippen LogP contribution in [0, 0.1) is 3.57 Å². The van der Waals surface area contributed by atoms with Crippen molar-refractivity contribution in [2.45, 2.75) is 32.1 Å². The van der Waals surface area contributed by atoms with E-state index >= 15 is 0 Å². The fraction of sp³-hybridized carbons (Fsp3) is 0.312. The highest BCUT2D eigenvalue weighted by Gasteiger charge is 2.17. The maximum absolute atomic E-state index is 12.0. The monoisotopic (exact) mass is 400 g/mol. The van der Waals surface area contributed by atoms with Gasteiger partial charge in [0.2, 0.25) is 11.6 Å². The van der Waals surface area contributed by atoms with Crippen LogP contribution in [0.5, 0.6) is 0 Å². The molecule has 0 spiro atoms. The Kier molecular flexibility index (Phi) is 7.28. The van der Waals surface area contributed by atoms with E-state index in [1.807, 2.05) is 28.7 Å². The van der Waals surface area contributed by atoms with Gasteiger partial charge in [0.25, 0.3) is 0 Å². The Hall–Kier alpha value is -1.50. The maximum Gasteiger partial charge on any atom is 0.330 e. The summed E-state index contributed by atoms with van der Waals surface area (Å²) in [5.41, 5.74) is 0.624. The SMILES string of the molecule is C=C(CCCCCC(=O)C(=O)c1ccccc1I)C(=O)O. The Morgan fingerprint density at radius 3 is 2.29 bits per heavy atom. The van der Waals surface area contributed by atoms with Crippen molar-refractivity contribution in [3.05, 3.63) is 45.6 Å². The van der Waals surface area contributed by atoms with E-state index in [1.54, 1.807) is 18.2 Å². The predicted molar refractivity (Wildman–Crippen MR) is 88.4 cm³/mol. The summed E-state index contributed by atoms with van der Waals surface area (Å²) in [6, 6.07) is 7.00.